The van der Waals surface area contributed by atoms with Crippen molar-refractivity contribution >= 4 is 70.7 Å². The standard InChI is InChI=1S/C28H64O13Si8/c1-22(2,3)42-30-43(23(4,5)6)33-46(26(13,14)15)35-44(31-42,24(7,8)9)37-48(28(19,20)21)38-45(32-42,25(10,11)12)36-47(34-43,27(16,17)18)40-49(29,39-46)41-48/h29H,1-21H3. The topological polar surface area (TPSA) is 131 Å². The minimum Gasteiger partial charge on any atom is -0.373 e. The molecule has 8 bridgehead atoms. The molecule has 1 N–H and O–H groups in total. The number of rotatable bonds is 0. The lowest BCUT2D eigenvalue weighted by Gasteiger charge is -2.69. The molecule has 0 amide bonds. The van der Waals surface area contributed by atoms with Crippen molar-refractivity contribution in [2.45, 2.75) is 181 Å². The van der Waals surface area contributed by atoms with Crippen LogP contribution in [0.5, 0.6) is 0 Å². The molecule has 0 spiro atoms. The van der Waals surface area contributed by atoms with Gasteiger partial charge in [-0.15, -0.1) is 0 Å². The van der Waals surface area contributed by atoms with Crippen molar-refractivity contribution in [1.29, 1.82) is 0 Å². The first-order chi connectivity index (χ1) is 21.2. The average Bonchev–Trinajstić information content (AvgIpc) is 2.71. The van der Waals surface area contributed by atoms with Crippen LogP contribution in [-0.2, 0) is 49.4 Å². The van der Waals surface area contributed by atoms with Crippen LogP contribution in [0.4, 0.5) is 0 Å². The van der Waals surface area contributed by atoms with E-state index in [0.29, 0.717) is 0 Å². The zero-order chi connectivity index (χ0) is 38.0. The molecule has 6 heterocycles. The molecule has 21 heteroatoms. The van der Waals surface area contributed by atoms with Crippen LogP contribution in [0.2, 0.25) is 35.3 Å². The van der Waals surface area contributed by atoms with Gasteiger partial charge in [-0.05, 0) is 0 Å². The van der Waals surface area contributed by atoms with Crippen molar-refractivity contribution in [3.05, 3.63) is 0 Å². The smallest absolute Gasteiger partial charge is 0.373 e. The Hall–Kier alpha value is 1.22. The largest absolute Gasteiger partial charge is 0.654 e. The van der Waals surface area contributed by atoms with Gasteiger partial charge in [0.15, 0.2) is 0 Å². The second-order valence-electron chi connectivity index (χ2n) is 21.4. The summed E-state index contributed by atoms with van der Waals surface area (Å²) < 4.78 is 90.2. The van der Waals surface area contributed by atoms with Crippen LogP contribution >= 0.6 is 0 Å². The van der Waals surface area contributed by atoms with E-state index in [1.54, 1.807) is 0 Å². The molecule has 6 saturated heterocycles. The Morgan fingerprint density at radius 2 is 0.327 bits per heavy atom. The summed E-state index contributed by atoms with van der Waals surface area (Å²) in [4.78, 5) is 13.0. The van der Waals surface area contributed by atoms with Crippen molar-refractivity contribution in [1.82, 2.24) is 0 Å². The fraction of sp³-hybridized carbons (Fsp3) is 1.00. The maximum atomic E-state index is 13.0. The molecule has 0 unspecified atom stereocenters. The van der Waals surface area contributed by atoms with E-state index in [1.165, 1.54) is 0 Å². The third kappa shape index (κ3) is 5.91. The lowest BCUT2D eigenvalue weighted by molar-refractivity contribution is -0.0770. The SMILES string of the molecule is CC(C)(C)[Si]12O[Si]3(O)O[Si]4(C(C)(C)C)O[Si](C(C)(C)C)(O1)O[Si]1(C(C)(C)C)O[Si](C(C)(C)C)(O2)O[Si](C(C)(C)C)(O3)O[Si](C(C)(C)C)(O4)O1. The first-order valence-corrected chi connectivity index (χ1v) is 31.1. The molecule has 0 aromatic heterocycles. The fourth-order valence-electron chi connectivity index (χ4n) is 5.82. The van der Waals surface area contributed by atoms with Crippen molar-refractivity contribution < 1.29 is 54.2 Å². The van der Waals surface area contributed by atoms with E-state index in [9.17, 15) is 4.80 Å². The minimum absolute atomic E-state index is 0.794. The summed E-state index contributed by atoms with van der Waals surface area (Å²) in [7, 11) is -34.9. The molecular formula is C28H64O13Si8. The van der Waals surface area contributed by atoms with E-state index in [4.69, 9.17) is 49.4 Å². The van der Waals surface area contributed by atoms with Crippen LogP contribution in [-0.4, -0.2) is 75.5 Å². The molecule has 0 atom stereocenters. The van der Waals surface area contributed by atoms with Crippen LogP contribution in [0.25, 0.3) is 0 Å². The van der Waals surface area contributed by atoms with Gasteiger partial charge in [-0.2, -0.15) is 0 Å². The summed E-state index contributed by atoms with van der Waals surface area (Å²) in [6.45, 7) is 41.9. The Labute approximate surface area is 304 Å². The van der Waals surface area contributed by atoms with Gasteiger partial charge in [0.25, 0.3) is 0 Å². The summed E-state index contributed by atoms with van der Waals surface area (Å²) in [5.74, 6) is 0. The van der Waals surface area contributed by atoms with Gasteiger partial charge in [0.2, 0.25) is 0 Å². The van der Waals surface area contributed by atoms with E-state index in [2.05, 4.69) is 0 Å². The van der Waals surface area contributed by atoms with Crippen LogP contribution in [0, 0.1) is 0 Å². The highest BCUT2D eigenvalue weighted by atomic mass is 28.6. The Morgan fingerprint density at radius 1 is 0.224 bits per heavy atom. The third-order valence-electron chi connectivity index (χ3n) is 9.64. The summed E-state index contributed by atoms with van der Waals surface area (Å²) in [6, 6.07) is 0. The summed E-state index contributed by atoms with van der Waals surface area (Å²) in [5, 5.41) is -5.91. The highest BCUT2D eigenvalue weighted by Crippen LogP contribution is 2.67. The number of hydrogen-bond donors (Lipinski definition) is 1. The van der Waals surface area contributed by atoms with Crippen molar-refractivity contribution in [3.8, 4) is 0 Å². The molecule has 0 aliphatic carbocycles. The molecule has 0 aromatic carbocycles. The van der Waals surface area contributed by atoms with Crippen molar-refractivity contribution in [2.75, 3.05) is 0 Å². The van der Waals surface area contributed by atoms with Crippen molar-refractivity contribution in [3.63, 3.8) is 0 Å². The normalized spacial score (nSPS) is 45.4. The summed E-state index contributed by atoms with van der Waals surface area (Å²) in [5.41, 5.74) is 0. The maximum absolute atomic E-state index is 13.0. The Balaban J connectivity index is 2.11. The molecule has 6 rings (SSSR count). The molecular weight excluding hydrogens is 769 g/mol. The van der Waals surface area contributed by atoms with Gasteiger partial charge in [-0.1, -0.05) is 145 Å². The number of hydrogen-bond acceptors (Lipinski definition) is 13. The van der Waals surface area contributed by atoms with E-state index >= 15 is 0 Å². The van der Waals surface area contributed by atoms with Gasteiger partial charge in [0.1, 0.15) is 0 Å². The molecule has 0 radical (unpaired) electrons. The van der Waals surface area contributed by atoms with Gasteiger partial charge in [-0.25, -0.2) is 0 Å². The quantitative estimate of drug-likeness (QED) is 0.238. The van der Waals surface area contributed by atoms with Gasteiger partial charge in [0.05, 0.1) is 0 Å². The Morgan fingerprint density at radius 3 is 0.429 bits per heavy atom. The predicted octanol–water partition coefficient (Wildman–Crippen LogP) is 7.85. The highest BCUT2D eigenvalue weighted by molar-refractivity contribution is 7.05. The molecule has 49 heavy (non-hydrogen) atoms. The monoisotopic (exact) mass is 832 g/mol. The Bertz CT molecular complexity index is 1180. The van der Waals surface area contributed by atoms with Gasteiger partial charge in [-0.3, -0.25) is 0 Å². The molecule has 0 aromatic rings. The highest BCUT2D eigenvalue weighted by Gasteiger charge is 2.91. The van der Waals surface area contributed by atoms with Crippen LogP contribution in [0.3, 0.4) is 0 Å². The molecule has 0 saturated carbocycles. The van der Waals surface area contributed by atoms with E-state index in [0.717, 1.165) is 0 Å². The van der Waals surface area contributed by atoms with Crippen LogP contribution in [0.15, 0.2) is 0 Å². The summed E-state index contributed by atoms with van der Waals surface area (Å²) >= 11 is 0. The molecule has 6 aliphatic rings. The summed E-state index contributed by atoms with van der Waals surface area (Å²) in [6.07, 6.45) is 0. The zero-order valence-electron chi connectivity index (χ0n) is 33.8. The van der Waals surface area contributed by atoms with Crippen LogP contribution in [0.1, 0.15) is 145 Å². The second-order valence-corrected chi connectivity index (χ2v) is 50.5. The van der Waals surface area contributed by atoms with Gasteiger partial charge >= 0.3 is 70.7 Å². The molecule has 13 nitrogen and oxygen atoms in total. The zero-order valence-corrected chi connectivity index (χ0v) is 41.8. The average molecular weight is 833 g/mol. The molecule has 6 aliphatic heterocycles. The van der Waals surface area contributed by atoms with E-state index in [-0.39, 0.29) is 0 Å². The van der Waals surface area contributed by atoms with Gasteiger partial charge in [0, 0.05) is 35.3 Å². The van der Waals surface area contributed by atoms with Gasteiger partial charge < -0.3 is 54.2 Å². The van der Waals surface area contributed by atoms with E-state index < -0.39 is 106 Å². The maximum Gasteiger partial charge on any atom is 0.654 e. The first kappa shape index (κ1) is 41.4. The predicted molar refractivity (Wildman–Crippen MR) is 199 cm³/mol. The minimum atomic E-state index is -4.94. The van der Waals surface area contributed by atoms with E-state index in [1.807, 2.05) is 145 Å². The van der Waals surface area contributed by atoms with Crippen molar-refractivity contribution in [2.24, 2.45) is 0 Å². The van der Waals surface area contributed by atoms with Crippen LogP contribution < -0.4 is 0 Å². The molecule has 286 valence electrons. The lowest BCUT2D eigenvalue weighted by atomic mass is 10.3. The second kappa shape index (κ2) is 10.7. The third-order valence-corrected chi connectivity index (χ3v) is 48.2. The Kier molecular flexibility index (Phi) is 9.07. The first-order valence-electron chi connectivity index (χ1n) is 17.4. The molecule has 6 fully saturated rings. The fourth-order valence-corrected chi connectivity index (χ4v) is 61.3. The lowest BCUT2D eigenvalue weighted by Crippen LogP contribution is -2.93.